The molecule has 0 bridgehead atoms. The van der Waals surface area contributed by atoms with Crippen LogP contribution in [0, 0.1) is 0 Å². The van der Waals surface area contributed by atoms with Gasteiger partial charge >= 0.3 is 0 Å². The van der Waals surface area contributed by atoms with Crippen LogP contribution in [-0.2, 0) is 13.0 Å². The number of hydrogen-bond donors (Lipinski definition) is 0. The molecule has 0 radical (unpaired) electrons. The van der Waals surface area contributed by atoms with Crippen LogP contribution >= 0.6 is 0 Å². The molecule has 0 fully saturated rings. The molecule has 2 aromatic carbocycles. The third-order valence-corrected chi connectivity index (χ3v) is 5.30. The van der Waals surface area contributed by atoms with E-state index in [9.17, 15) is 0 Å². The van der Waals surface area contributed by atoms with Crippen molar-refractivity contribution in [3.05, 3.63) is 42.1 Å². The Morgan fingerprint density at radius 3 is 2.17 bits per heavy atom. The van der Waals surface area contributed by atoms with E-state index in [2.05, 4.69) is 35.0 Å². The summed E-state index contributed by atoms with van der Waals surface area (Å²) < 4.78 is 25.6. The van der Waals surface area contributed by atoms with Gasteiger partial charge in [0.25, 0.3) is 0 Å². The maximum atomic E-state index is 6.11. The summed E-state index contributed by atoms with van der Waals surface area (Å²) in [6.45, 7) is 9.04. The van der Waals surface area contributed by atoms with Crippen LogP contribution < -0.4 is 23.5 Å². The van der Waals surface area contributed by atoms with Gasteiger partial charge in [0.15, 0.2) is 35.7 Å². The van der Waals surface area contributed by atoms with Gasteiger partial charge < -0.3 is 18.9 Å². The van der Waals surface area contributed by atoms with E-state index in [4.69, 9.17) is 18.9 Å². The molecule has 1 aliphatic rings. The Balaban J connectivity index is 1.89. The van der Waals surface area contributed by atoms with Crippen LogP contribution in [0.1, 0.15) is 33.3 Å². The van der Waals surface area contributed by atoms with Crippen molar-refractivity contribution in [1.82, 2.24) is 0 Å². The molecular weight excluding hydrogens is 378 g/mol. The lowest BCUT2D eigenvalue weighted by molar-refractivity contribution is -0.686. The first-order chi connectivity index (χ1) is 14.4. The molecule has 0 amide bonds. The van der Waals surface area contributed by atoms with Gasteiger partial charge in [0.05, 0.1) is 37.4 Å². The summed E-state index contributed by atoms with van der Waals surface area (Å²) in [5.41, 5.74) is 3.63. The largest absolute Gasteiger partial charge is 0.493 e. The summed E-state index contributed by atoms with van der Waals surface area (Å²) in [5, 5.41) is 2.16. The number of aromatic nitrogens is 1. The van der Waals surface area contributed by atoms with Crippen molar-refractivity contribution in [2.45, 2.75) is 52.9 Å². The minimum absolute atomic E-state index is 0.0709. The number of benzene rings is 2. The van der Waals surface area contributed by atoms with Crippen LogP contribution in [0.4, 0.5) is 0 Å². The van der Waals surface area contributed by atoms with Gasteiger partial charge in [0.1, 0.15) is 0 Å². The van der Waals surface area contributed by atoms with Gasteiger partial charge in [-0.25, -0.2) is 0 Å². The van der Waals surface area contributed by atoms with E-state index in [1.807, 2.05) is 33.8 Å². The van der Waals surface area contributed by atoms with E-state index in [1.54, 1.807) is 14.2 Å². The summed E-state index contributed by atoms with van der Waals surface area (Å²) in [6.07, 6.45) is 3.26. The van der Waals surface area contributed by atoms with E-state index in [0.29, 0.717) is 0 Å². The Morgan fingerprint density at radius 2 is 1.53 bits per heavy atom. The zero-order valence-electron chi connectivity index (χ0n) is 18.6. The fourth-order valence-electron chi connectivity index (χ4n) is 4.08. The van der Waals surface area contributed by atoms with E-state index in [-0.39, 0.29) is 12.2 Å². The molecule has 0 saturated heterocycles. The standard InChI is InChI=1S/C25H30NO4/c1-15(2)29-23-12-18-9-10-26-14-20-17(7-8-22(27-5)25(20)28-6)11-21(26)19(18)13-24(23)30-16(3)4/h7-8,11-16H,9-10H2,1-6H3/q+1. The highest BCUT2D eigenvalue weighted by atomic mass is 16.5. The van der Waals surface area contributed by atoms with Gasteiger partial charge in [0, 0.05) is 12.5 Å². The molecule has 2 heterocycles. The molecule has 0 atom stereocenters. The maximum Gasteiger partial charge on any atom is 0.213 e. The third kappa shape index (κ3) is 3.64. The van der Waals surface area contributed by atoms with Gasteiger partial charge in [-0.3, -0.25) is 0 Å². The second-order valence-electron chi connectivity index (χ2n) is 8.20. The first kappa shape index (κ1) is 20.3. The zero-order chi connectivity index (χ0) is 21.4. The molecule has 1 aromatic heterocycles. The van der Waals surface area contributed by atoms with Crippen molar-refractivity contribution in [3.8, 4) is 34.3 Å². The van der Waals surface area contributed by atoms with Gasteiger partial charge in [-0.2, -0.15) is 4.57 Å². The minimum atomic E-state index is 0.0709. The predicted octanol–water partition coefficient (Wildman–Crippen LogP) is 4.94. The summed E-state index contributed by atoms with van der Waals surface area (Å²) in [4.78, 5) is 0. The Bertz CT molecular complexity index is 1090. The van der Waals surface area contributed by atoms with E-state index < -0.39 is 0 Å². The first-order valence-electron chi connectivity index (χ1n) is 10.5. The van der Waals surface area contributed by atoms with E-state index >= 15 is 0 Å². The van der Waals surface area contributed by atoms with E-state index in [1.165, 1.54) is 16.8 Å². The molecule has 30 heavy (non-hydrogen) atoms. The van der Waals surface area contributed by atoms with Crippen LogP contribution in [0.25, 0.3) is 22.0 Å². The summed E-state index contributed by atoms with van der Waals surface area (Å²) in [5.74, 6) is 3.11. The van der Waals surface area contributed by atoms with Crippen molar-refractivity contribution in [1.29, 1.82) is 0 Å². The highest BCUT2D eigenvalue weighted by Crippen LogP contribution is 2.40. The number of fused-ring (bicyclic) bond motifs is 4. The Labute approximate surface area is 178 Å². The lowest BCUT2D eigenvalue weighted by atomic mass is 9.95. The van der Waals surface area contributed by atoms with Crippen molar-refractivity contribution >= 4 is 10.8 Å². The Morgan fingerprint density at radius 1 is 0.833 bits per heavy atom. The lowest BCUT2D eigenvalue weighted by Crippen LogP contribution is -2.40. The molecular formula is C25H30NO4+. The van der Waals surface area contributed by atoms with Crippen LogP contribution in [0.3, 0.4) is 0 Å². The van der Waals surface area contributed by atoms with E-state index in [0.717, 1.165) is 46.7 Å². The normalized spacial score (nSPS) is 12.7. The molecule has 0 unspecified atom stereocenters. The monoisotopic (exact) mass is 408 g/mol. The van der Waals surface area contributed by atoms with Crippen LogP contribution in [0.15, 0.2) is 36.5 Å². The molecule has 5 heteroatoms. The fraction of sp³-hybridized carbons (Fsp3) is 0.400. The molecule has 0 spiro atoms. The molecule has 0 N–H and O–H groups in total. The number of methoxy groups -OCH3 is 2. The van der Waals surface area contributed by atoms with Crippen molar-refractivity contribution in [3.63, 3.8) is 0 Å². The third-order valence-electron chi connectivity index (χ3n) is 5.30. The SMILES string of the molecule is COc1ccc2cc3[n+](cc2c1OC)CCc1cc(OC(C)C)c(OC(C)C)cc1-3. The van der Waals surface area contributed by atoms with Gasteiger partial charge in [-0.05, 0) is 62.9 Å². The number of aryl methyl sites for hydroxylation is 2. The predicted molar refractivity (Wildman–Crippen MR) is 118 cm³/mol. The Hall–Kier alpha value is -2.95. The molecule has 1 aliphatic heterocycles. The molecule has 158 valence electrons. The highest BCUT2D eigenvalue weighted by molar-refractivity contribution is 5.91. The fourth-order valence-corrected chi connectivity index (χ4v) is 4.08. The Kier molecular flexibility index (Phi) is 5.46. The summed E-state index contributed by atoms with van der Waals surface area (Å²) in [7, 11) is 3.35. The summed E-state index contributed by atoms with van der Waals surface area (Å²) in [6, 6.07) is 10.5. The average Bonchev–Trinajstić information content (AvgIpc) is 2.71. The van der Waals surface area contributed by atoms with Gasteiger partial charge in [0.2, 0.25) is 5.69 Å². The van der Waals surface area contributed by atoms with Gasteiger partial charge in [-0.15, -0.1) is 0 Å². The topological polar surface area (TPSA) is 40.8 Å². The first-order valence-corrected chi connectivity index (χ1v) is 10.5. The number of pyridine rings is 1. The molecule has 0 saturated carbocycles. The number of rotatable bonds is 6. The minimum Gasteiger partial charge on any atom is -0.493 e. The van der Waals surface area contributed by atoms with Crippen LogP contribution in [0.5, 0.6) is 23.0 Å². The second-order valence-corrected chi connectivity index (χ2v) is 8.20. The number of ether oxygens (including phenoxy) is 4. The molecule has 3 aromatic rings. The van der Waals surface area contributed by atoms with Crippen molar-refractivity contribution < 1.29 is 23.5 Å². The van der Waals surface area contributed by atoms with Crippen molar-refractivity contribution in [2.75, 3.05) is 14.2 Å². The summed E-state index contributed by atoms with van der Waals surface area (Å²) >= 11 is 0. The lowest BCUT2D eigenvalue weighted by Gasteiger charge is -2.22. The van der Waals surface area contributed by atoms with Gasteiger partial charge in [-0.1, -0.05) is 0 Å². The smallest absolute Gasteiger partial charge is 0.213 e. The van der Waals surface area contributed by atoms with Crippen LogP contribution in [0.2, 0.25) is 0 Å². The molecule has 5 nitrogen and oxygen atoms in total. The second kappa shape index (κ2) is 8.05. The number of nitrogens with zero attached hydrogens (tertiary/aromatic N) is 1. The van der Waals surface area contributed by atoms with Crippen LogP contribution in [-0.4, -0.2) is 26.4 Å². The zero-order valence-corrected chi connectivity index (χ0v) is 18.6. The van der Waals surface area contributed by atoms with Crippen molar-refractivity contribution in [2.24, 2.45) is 0 Å². The highest BCUT2D eigenvalue weighted by Gasteiger charge is 2.27. The molecule has 4 rings (SSSR count). The maximum absolute atomic E-state index is 6.11. The quantitative estimate of drug-likeness (QED) is 0.542. The number of hydrogen-bond acceptors (Lipinski definition) is 4. The molecule has 0 aliphatic carbocycles. The average molecular weight is 409 g/mol.